The molecule has 4 N–H and O–H groups in total. The zero-order valence-electron chi connectivity index (χ0n) is 9.71. The number of benzene rings is 2. The van der Waals surface area contributed by atoms with Crippen LogP contribution in [0.1, 0.15) is 0 Å². The van der Waals surface area contributed by atoms with Crippen molar-refractivity contribution in [2.75, 3.05) is 11.5 Å². The molecule has 0 fully saturated rings. The van der Waals surface area contributed by atoms with Crippen molar-refractivity contribution in [3.8, 4) is 11.5 Å². The Balaban J connectivity index is 0.00000162. The van der Waals surface area contributed by atoms with Gasteiger partial charge in [-0.15, -0.1) is 12.4 Å². The summed E-state index contributed by atoms with van der Waals surface area (Å²) in [5, 5.41) is 0. The van der Waals surface area contributed by atoms with E-state index in [1.165, 1.54) is 0 Å². The molecule has 18 heavy (non-hydrogen) atoms. The normalized spacial score (nSPS) is 9.11. The molecular formula is C12H14BClN2O2. The van der Waals surface area contributed by atoms with Crippen LogP contribution in [0.25, 0.3) is 0 Å². The minimum atomic E-state index is 0. The SMILES string of the molecule is Cl.Nc1ccccc1OBOc1ccccc1N. The summed E-state index contributed by atoms with van der Waals surface area (Å²) in [5.74, 6) is 1.20. The average molecular weight is 265 g/mol. The molecule has 0 aromatic heterocycles. The van der Waals surface area contributed by atoms with Gasteiger partial charge in [-0.05, 0) is 24.3 Å². The van der Waals surface area contributed by atoms with Crippen molar-refractivity contribution in [3.63, 3.8) is 0 Å². The Hall–Kier alpha value is -2.01. The summed E-state index contributed by atoms with van der Waals surface area (Å²) in [4.78, 5) is 0. The zero-order valence-corrected chi connectivity index (χ0v) is 10.5. The number of nitrogens with two attached hydrogens (primary N) is 2. The van der Waals surface area contributed by atoms with Gasteiger partial charge in [-0.3, -0.25) is 0 Å². The summed E-state index contributed by atoms with van der Waals surface area (Å²) >= 11 is 0. The molecular weight excluding hydrogens is 250 g/mol. The Morgan fingerprint density at radius 3 is 1.50 bits per heavy atom. The summed E-state index contributed by atoms with van der Waals surface area (Å²) in [7, 11) is 0.0719. The van der Waals surface area contributed by atoms with Gasteiger partial charge >= 0.3 is 7.69 Å². The third kappa shape index (κ3) is 3.50. The van der Waals surface area contributed by atoms with Gasteiger partial charge in [0, 0.05) is 0 Å². The van der Waals surface area contributed by atoms with Crippen molar-refractivity contribution in [1.29, 1.82) is 0 Å². The van der Waals surface area contributed by atoms with E-state index in [1.807, 2.05) is 24.3 Å². The molecule has 0 heterocycles. The molecule has 2 aromatic carbocycles. The van der Waals surface area contributed by atoms with Crippen LogP contribution in [0.5, 0.6) is 11.5 Å². The number of para-hydroxylation sites is 4. The molecule has 0 spiro atoms. The number of hydrogen-bond acceptors (Lipinski definition) is 4. The van der Waals surface area contributed by atoms with Gasteiger partial charge in [0.2, 0.25) is 0 Å². The molecule has 0 saturated heterocycles. The van der Waals surface area contributed by atoms with Gasteiger partial charge in [0.25, 0.3) is 0 Å². The lowest BCUT2D eigenvalue weighted by atomic mass is 10.2. The lowest BCUT2D eigenvalue weighted by molar-refractivity contribution is 0.461. The topological polar surface area (TPSA) is 70.5 Å². The first-order valence-electron chi connectivity index (χ1n) is 5.22. The first-order valence-corrected chi connectivity index (χ1v) is 5.22. The lowest BCUT2D eigenvalue weighted by Gasteiger charge is -2.10. The second-order valence-electron chi connectivity index (χ2n) is 3.48. The van der Waals surface area contributed by atoms with Crippen LogP contribution in [0, 0.1) is 0 Å². The highest BCUT2D eigenvalue weighted by molar-refractivity contribution is 6.21. The van der Waals surface area contributed by atoms with E-state index in [2.05, 4.69) is 0 Å². The fourth-order valence-corrected chi connectivity index (χ4v) is 1.38. The lowest BCUT2D eigenvalue weighted by Crippen LogP contribution is -2.12. The molecule has 4 nitrogen and oxygen atoms in total. The molecule has 0 aliphatic heterocycles. The molecule has 0 amide bonds. The van der Waals surface area contributed by atoms with E-state index in [9.17, 15) is 0 Å². The summed E-state index contributed by atoms with van der Waals surface area (Å²) in [5.41, 5.74) is 12.6. The maximum absolute atomic E-state index is 5.72. The fourth-order valence-electron chi connectivity index (χ4n) is 1.38. The van der Waals surface area contributed by atoms with Crippen LogP contribution in [-0.4, -0.2) is 7.69 Å². The van der Waals surface area contributed by atoms with Crippen LogP contribution in [-0.2, 0) is 0 Å². The van der Waals surface area contributed by atoms with Crippen LogP contribution in [0.3, 0.4) is 0 Å². The summed E-state index contributed by atoms with van der Waals surface area (Å²) < 4.78 is 10.8. The largest absolute Gasteiger partial charge is 0.576 e. The Bertz CT molecular complexity index is 465. The standard InChI is InChI=1S/C12H13BN2O2.ClH/c14-9-5-1-3-7-11(9)16-13-17-12-8-4-2-6-10(12)15;/h1-8,13H,14-15H2;1H. The summed E-state index contributed by atoms with van der Waals surface area (Å²) in [6.45, 7) is 0. The van der Waals surface area contributed by atoms with E-state index >= 15 is 0 Å². The maximum atomic E-state index is 5.72. The highest BCUT2D eigenvalue weighted by atomic mass is 35.5. The molecule has 0 bridgehead atoms. The Labute approximate surface area is 113 Å². The minimum absolute atomic E-state index is 0. The van der Waals surface area contributed by atoms with Gasteiger partial charge < -0.3 is 20.8 Å². The van der Waals surface area contributed by atoms with Crippen molar-refractivity contribution < 1.29 is 9.31 Å². The molecule has 0 aliphatic carbocycles. The van der Waals surface area contributed by atoms with E-state index in [0.29, 0.717) is 22.9 Å². The van der Waals surface area contributed by atoms with E-state index in [1.54, 1.807) is 24.3 Å². The van der Waals surface area contributed by atoms with Crippen molar-refractivity contribution in [2.45, 2.75) is 0 Å². The van der Waals surface area contributed by atoms with Crippen LogP contribution >= 0.6 is 12.4 Å². The van der Waals surface area contributed by atoms with E-state index in [0.717, 1.165) is 0 Å². The first kappa shape index (κ1) is 14.1. The highest BCUT2D eigenvalue weighted by Crippen LogP contribution is 2.21. The smallest absolute Gasteiger partial charge is 0.527 e. The molecule has 0 aliphatic rings. The van der Waals surface area contributed by atoms with E-state index in [4.69, 9.17) is 20.8 Å². The quantitative estimate of drug-likeness (QED) is 0.654. The second kappa shape index (κ2) is 6.66. The number of anilines is 2. The molecule has 0 unspecified atom stereocenters. The molecule has 2 aromatic rings. The Kier molecular flexibility index (Phi) is 5.20. The summed E-state index contributed by atoms with van der Waals surface area (Å²) in [6.07, 6.45) is 0. The third-order valence-electron chi connectivity index (χ3n) is 2.27. The van der Waals surface area contributed by atoms with Crippen LogP contribution in [0.2, 0.25) is 0 Å². The molecule has 0 atom stereocenters. The first-order chi connectivity index (χ1) is 8.27. The molecule has 2 rings (SSSR count). The van der Waals surface area contributed by atoms with Crippen molar-refractivity contribution in [1.82, 2.24) is 0 Å². The van der Waals surface area contributed by atoms with Gasteiger partial charge in [0.1, 0.15) is 11.5 Å². The van der Waals surface area contributed by atoms with Crippen LogP contribution in [0.15, 0.2) is 48.5 Å². The van der Waals surface area contributed by atoms with Crippen LogP contribution < -0.4 is 20.8 Å². The third-order valence-corrected chi connectivity index (χ3v) is 2.27. The predicted molar refractivity (Wildman–Crippen MR) is 77.4 cm³/mol. The number of rotatable bonds is 4. The number of nitrogen functional groups attached to an aromatic ring is 2. The van der Waals surface area contributed by atoms with Crippen molar-refractivity contribution in [3.05, 3.63) is 48.5 Å². The number of halogens is 1. The van der Waals surface area contributed by atoms with Gasteiger partial charge in [-0.1, -0.05) is 24.3 Å². The predicted octanol–water partition coefficient (Wildman–Crippen LogP) is 2.00. The number of hydrogen-bond donors (Lipinski definition) is 2. The maximum Gasteiger partial charge on any atom is 0.576 e. The van der Waals surface area contributed by atoms with Crippen molar-refractivity contribution in [2.24, 2.45) is 0 Å². The molecule has 0 radical (unpaired) electrons. The van der Waals surface area contributed by atoms with Gasteiger partial charge in [0.05, 0.1) is 11.4 Å². The zero-order chi connectivity index (χ0) is 12.1. The molecule has 6 heteroatoms. The summed E-state index contributed by atoms with van der Waals surface area (Å²) in [6, 6.07) is 14.5. The van der Waals surface area contributed by atoms with Gasteiger partial charge in [0.15, 0.2) is 0 Å². The monoisotopic (exact) mass is 264 g/mol. The fraction of sp³-hybridized carbons (Fsp3) is 0. The van der Waals surface area contributed by atoms with E-state index < -0.39 is 0 Å². The minimum Gasteiger partial charge on any atom is -0.527 e. The average Bonchev–Trinajstić information content (AvgIpc) is 2.34. The van der Waals surface area contributed by atoms with Crippen molar-refractivity contribution >= 4 is 31.5 Å². The Morgan fingerprint density at radius 2 is 1.11 bits per heavy atom. The Morgan fingerprint density at radius 1 is 0.722 bits per heavy atom. The molecule has 94 valence electrons. The van der Waals surface area contributed by atoms with Gasteiger partial charge in [-0.2, -0.15) is 0 Å². The van der Waals surface area contributed by atoms with Crippen LogP contribution in [0.4, 0.5) is 11.4 Å². The van der Waals surface area contributed by atoms with E-state index in [-0.39, 0.29) is 20.1 Å². The molecule has 0 saturated carbocycles. The van der Waals surface area contributed by atoms with Gasteiger partial charge in [-0.25, -0.2) is 0 Å². The highest BCUT2D eigenvalue weighted by Gasteiger charge is 2.03. The second-order valence-corrected chi connectivity index (χ2v) is 3.48.